The second-order valence-electron chi connectivity index (χ2n) is 7.74. The molecule has 1 fully saturated rings. The second-order valence-corrected chi connectivity index (χ2v) is 8.94. The van der Waals surface area contributed by atoms with Gasteiger partial charge in [0.25, 0.3) is 0 Å². The molecule has 3 rings (SSSR count). The summed E-state index contributed by atoms with van der Waals surface area (Å²) < 4.78 is 41.0. The molecule has 1 atom stereocenters. The Labute approximate surface area is 193 Å². The van der Waals surface area contributed by atoms with Crippen LogP contribution in [0.2, 0.25) is 15.1 Å². The van der Waals surface area contributed by atoms with Crippen molar-refractivity contribution in [3.05, 3.63) is 73.7 Å². The fraction of sp³-hybridized carbons (Fsp3) is 0.304. The summed E-state index contributed by atoms with van der Waals surface area (Å²) >= 11 is 17.6. The van der Waals surface area contributed by atoms with Crippen LogP contribution in [0.5, 0.6) is 0 Å². The van der Waals surface area contributed by atoms with Gasteiger partial charge in [0.2, 0.25) is 0 Å². The Kier molecular flexibility index (Phi) is 6.76. The SMILES string of the molecule is Cc1cc(/C=C/C(c2cc(Cl)c(Cl)c(Cl)c2)C(F)(F)F)ccc1C(=O)CC1(C#N)CC1. The van der Waals surface area contributed by atoms with Gasteiger partial charge in [-0.15, -0.1) is 0 Å². The number of alkyl halides is 3. The Balaban J connectivity index is 1.85. The average Bonchev–Trinajstić information content (AvgIpc) is 3.45. The quantitative estimate of drug-likeness (QED) is 0.305. The van der Waals surface area contributed by atoms with Crippen molar-refractivity contribution in [3.63, 3.8) is 0 Å². The molecule has 2 aromatic rings. The third kappa shape index (κ3) is 5.44. The van der Waals surface area contributed by atoms with Gasteiger partial charge in [0.05, 0.1) is 32.5 Å². The minimum absolute atomic E-state index is 0.00255. The van der Waals surface area contributed by atoms with Crippen LogP contribution < -0.4 is 0 Å². The zero-order valence-electron chi connectivity index (χ0n) is 16.4. The first-order valence-electron chi connectivity index (χ1n) is 9.40. The fourth-order valence-electron chi connectivity index (χ4n) is 3.36. The summed E-state index contributed by atoms with van der Waals surface area (Å²) in [6.07, 6.45) is -0.626. The van der Waals surface area contributed by atoms with Crippen LogP contribution in [0, 0.1) is 23.7 Å². The minimum Gasteiger partial charge on any atom is -0.294 e. The van der Waals surface area contributed by atoms with Crippen LogP contribution in [-0.4, -0.2) is 12.0 Å². The second kappa shape index (κ2) is 8.86. The van der Waals surface area contributed by atoms with Gasteiger partial charge in [-0.25, -0.2) is 0 Å². The maximum Gasteiger partial charge on any atom is 0.399 e. The first-order chi connectivity index (χ1) is 14.5. The van der Waals surface area contributed by atoms with Crippen molar-refractivity contribution in [3.8, 4) is 6.07 Å². The van der Waals surface area contributed by atoms with E-state index in [1.807, 2.05) is 0 Å². The Morgan fingerprint density at radius 2 is 1.81 bits per heavy atom. The highest BCUT2D eigenvalue weighted by Crippen LogP contribution is 2.48. The Morgan fingerprint density at radius 1 is 1.19 bits per heavy atom. The van der Waals surface area contributed by atoms with Gasteiger partial charge in [0, 0.05) is 12.0 Å². The molecule has 0 radical (unpaired) electrons. The Hall–Kier alpha value is -2.00. The molecule has 0 N–H and O–H groups in total. The molecule has 0 saturated heterocycles. The molecule has 0 aliphatic heterocycles. The molecule has 0 aromatic heterocycles. The van der Waals surface area contributed by atoms with Crippen LogP contribution in [0.25, 0.3) is 6.08 Å². The molecule has 0 amide bonds. The lowest BCUT2D eigenvalue weighted by Gasteiger charge is -2.18. The first kappa shape index (κ1) is 23.7. The normalized spacial score (nSPS) is 16.2. The van der Waals surface area contributed by atoms with E-state index >= 15 is 0 Å². The summed E-state index contributed by atoms with van der Waals surface area (Å²) in [5.41, 5.74) is 0.946. The molecule has 162 valence electrons. The van der Waals surface area contributed by atoms with Gasteiger partial charge in [0.1, 0.15) is 0 Å². The van der Waals surface area contributed by atoms with Crippen molar-refractivity contribution in [2.45, 2.75) is 38.3 Å². The van der Waals surface area contributed by atoms with E-state index < -0.39 is 17.5 Å². The van der Waals surface area contributed by atoms with E-state index in [1.54, 1.807) is 25.1 Å². The van der Waals surface area contributed by atoms with Gasteiger partial charge < -0.3 is 0 Å². The van der Waals surface area contributed by atoms with E-state index in [9.17, 15) is 18.0 Å². The van der Waals surface area contributed by atoms with Gasteiger partial charge in [0.15, 0.2) is 5.78 Å². The van der Waals surface area contributed by atoms with Crippen molar-refractivity contribution in [2.75, 3.05) is 0 Å². The molecule has 2 aromatic carbocycles. The molecule has 0 heterocycles. The number of hydrogen-bond donors (Lipinski definition) is 0. The van der Waals surface area contributed by atoms with Crippen LogP contribution in [0.4, 0.5) is 13.2 Å². The van der Waals surface area contributed by atoms with Gasteiger partial charge in [-0.3, -0.25) is 4.79 Å². The maximum absolute atomic E-state index is 13.7. The van der Waals surface area contributed by atoms with Gasteiger partial charge in [-0.1, -0.05) is 65.2 Å². The first-order valence-corrected chi connectivity index (χ1v) is 10.5. The predicted molar refractivity (Wildman–Crippen MR) is 117 cm³/mol. The third-order valence-corrected chi connectivity index (χ3v) is 6.54. The maximum atomic E-state index is 13.7. The Bertz CT molecular complexity index is 1080. The lowest BCUT2D eigenvalue weighted by molar-refractivity contribution is -0.139. The number of benzene rings is 2. The van der Waals surface area contributed by atoms with Crippen molar-refractivity contribution in [1.29, 1.82) is 5.26 Å². The molecular weight excluding hydrogens is 470 g/mol. The molecule has 1 aliphatic rings. The smallest absolute Gasteiger partial charge is 0.294 e. The zero-order valence-corrected chi connectivity index (χ0v) is 18.6. The van der Waals surface area contributed by atoms with E-state index in [-0.39, 0.29) is 32.8 Å². The number of allylic oxidation sites excluding steroid dienone is 1. The highest BCUT2D eigenvalue weighted by molar-refractivity contribution is 6.48. The van der Waals surface area contributed by atoms with E-state index in [1.165, 1.54) is 6.08 Å². The van der Waals surface area contributed by atoms with Gasteiger partial charge >= 0.3 is 6.18 Å². The van der Waals surface area contributed by atoms with Crippen molar-refractivity contribution >= 4 is 46.7 Å². The predicted octanol–water partition coefficient (Wildman–Crippen LogP) is 8.19. The van der Waals surface area contributed by atoms with E-state index in [4.69, 9.17) is 40.1 Å². The van der Waals surface area contributed by atoms with E-state index in [0.717, 1.165) is 18.2 Å². The summed E-state index contributed by atoms with van der Waals surface area (Å²) in [5.74, 6) is -2.07. The lowest BCUT2D eigenvalue weighted by Crippen LogP contribution is -2.19. The molecular formula is C23H17Cl3F3NO. The van der Waals surface area contributed by atoms with Crippen molar-refractivity contribution in [1.82, 2.24) is 0 Å². The zero-order chi connectivity index (χ0) is 23.0. The largest absolute Gasteiger partial charge is 0.399 e. The number of aryl methyl sites for hydroxylation is 1. The van der Waals surface area contributed by atoms with Gasteiger partial charge in [-0.05, 0) is 48.6 Å². The van der Waals surface area contributed by atoms with Crippen LogP contribution in [-0.2, 0) is 0 Å². The van der Waals surface area contributed by atoms with Crippen molar-refractivity contribution < 1.29 is 18.0 Å². The molecule has 2 nitrogen and oxygen atoms in total. The van der Waals surface area contributed by atoms with E-state index in [2.05, 4.69) is 6.07 Å². The van der Waals surface area contributed by atoms with E-state index in [0.29, 0.717) is 29.5 Å². The summed E-state index contributed by atoms with van der Waals surface area (Å²) in [4.78, 5) is 12.5. The average molecular weight is 487 g/mol. The number of ketones is 1. The fourth-order valence-corrected chi connectivity index (χ4v) is 3.97. The van der Waals surface area contributed by atoms with Crippen LogP contribution in [0.15, 0.2) is 36.4 Å². The highest BCUT2D eigenvalue weighted by Gasteiger charge is 2.45. The number of nitriles is 1. The molecule has 31 heavy (non-hydrogen) atoms. The van der Waals surface area contributed by atoms with Crippen molar-refractivity contribution in [2.24, 2.45) is 5.41 Å². The number of halogens is 6. The van der Waals surface area contributed by atoms with Gasteiger partial charge in [-0.2, -0.15) is 18.4 Å². The number of rotatable bonds is 6. The number of carbonyl (C=O) groups excluding carboxylic acids is 1. The summed E-state index contributed by atoms with van der Waals surface area (Å²) in [6, 6.07) is 9.30. The number of hydrogen-bond acceptors (Lipinski definition) is 2. The number of nitrogens with zero attached hydrogens (tertiary/aromatic N) is 1. The monoisotopic (exact) mass is 485 g/mol. The molecule has 8 heteroatoms. The Morgan fingerprint density at radius 3 is 2.29 bits per heavy atom. The lowest BCUT2D eigenvalue weighted by atomic mass is 9.93. The molecule has 0 spiro atoms. The summed E-state index contributed by atoms with van der Waals surface area (Å²) in [6.45, 7) is 1.72. The minimum atomic E-state index is -4.57. The molecule has 1 unspecified atom stereocenters. The number of carbonyl (C=O) groups is 1. The molecule has 0 bridgehead atoms. The third-order valence-electron chi connectivity index (χ3n) is 5.34. The van der Waals surface area contributed by atoms with Crippen LogP contribution in [0.3, 0.4) is 0 Å². The summed E-state index contributed by atoms with van der Waals surface area (Å²) in [7, 11) is 0. The van der Waals surface area contributed by atoms with Crippen LogP contribution in [0.1, 0.15) is 52.2 Å². The molecule has 1 aliphatic carbocycles. The molecule has 1 saturated carbocycles. The topological polar surface area (TPSA) is 40.9 Å². The highest BCUT2D eigenvalue weighted by atomic mass is 35.5. The standard InChI is InChI=1S/C23H17Cl3F3NO/c1-13-8-14(2-4-16(13)20(31)11-22(12-30)6-7-22)3-5-17(23(27,28)29)15-9-18(24)21(26)19(25)10-15/h2-5,8-10,17H,6-7,11H2,1H3/b5-3+. The van der Waals surface area contributed by atoms with Crippen LogP contribution >= 0.6 is 34.8 Å². The number of Topliss-reactive ketones (excluding diaryl/α,β-unsaturated/α-hetero) is 1. The summed E-state index contributed by atoms with van der Waals surface area (Å²) in [5, 5.41) is 9.05.